The summed E-state index contributed by atoms with van der Waals surface area (Å²) in [7, 11) is 0. The SMILES string of the molecule is CCOCC1CC(F)(F)CN1C(=O)C(Cl)CC. The number of likely N-dealkylation sites (tertiary alicyclic amines) is 1. The van der Waals surface area contributed by atoms with E-state index in [9.17, 15) is 13.6 Å². The molecule has 0 aromatic rings. The van der Waals surface area contributed by atoms with E-state index in [-0.39, 0.29) is 13.0 Å². The van der Waals surface area contributed by atoms with E-state index < -0.39 is 29.8 Å². The first-order chi connectivity index (χ1) is 7.91. The average Bonchev–Trinajstić information content (AvgIpc) is 2.59. The standard InChI is InChI=1S/C11H18ClF2NO2/c1-3-9(12)10(16)15-7-11(13,14)5-8(15)6-17-4-2/h8-9H,3-7H2,1-2H3. The molecule has 0 radical (unpaired) electrons. The van der Waals surface area contributed by atoms with Crippen LogP contribution in [0.15, 0.2) is 0 Å². The molecule has 1 heterocycles. The molecule has 6 heteroatoms. The fraction of sp³-hybridized carbons (Fsp3) is 0.909. The molecular formula is C11H18ClF2NO2. The van der Waals surface area contributed by atoms with Crippen molar-refractivity contribution >= 4 is 17.5 Å². The fourth-order valence-corrected chi connectivity index (χ4v) is 2.04. The lowest BCUT2D eigenvalue weighted by molar-refractivity contribution is -0.133. The molecule has 0 N–H and O–H groups in total. The van der Waals surface area contributed by atoms with Gasteiger partial charge in [0.15, 0.2) is 0 Å². The molecule has 0 aromatic heterocycles. The maximum Gasteiger partial charge on any atom is 0.267 e. The second-order valence-corrected chi connectivity index (χ2v) is 4.74. The minimum atomic E-state index is -2.83. The largest absolute Gasteiger partial charge is 0.380 e. The molecule has 1 saturated heterocycles. The third kappa shape index (κ3) is 3.78. The summed E-state index contributed by atoms with van der Waals surface area (Å²) in [5.74, 6) is -3.25. The van der Waals surface area contributed by atoms with E-state index in [0.29, 0.717) is 13.0 Å². The number of alkyl halides is 3. The number of ether oxygens (including phenoxy) is 1. The van der Waals surface area contributed by atoms with Gasteiger partial charge in [0.25, 0.3) is 5.92 Å². The lowest BCUT2D eigenvalue weighted by Gasteiger charge is -2.25. The van der Waals surface area contributed by atoms with Crippen LogP contribution in [-0.2, 0) is 9.53 Å². The number of hydrogen-bond donors (Lipinski definition) is 0. The Bertz CT molecular complexity index is 276. The topological polar surface area (TPSA) is 29.5 Å². The van der Waals surface area contributed by atoms with Gasteiger partial charge in [-0.05, 0) is 13.3 Å². The number of carbonyl (C=O) groups excluding carboxylic acids is 1. The molecule has 2 unspecified atom stereocenters. The number of carbonyl (C=O) groups is 1. The van der Waals surface area contributed by atoms with E-state index in [1.165, 1.54) is 0 Å². The number of rotatable bonds is 5. The zero-order valence-corrected chi connectivity index (χ0v) is 10.8. The van der Waals surface area contributed by atoms with Crippen LogP contribution in [0.2, 0.25) is 0 Å². The van der Waals surface area contributed by atoms with Gasteiger partial charge in [-0.1, -0.05) is 6.92 Å². The first-order valence-corrected chi connectivity index (χ1v) is 6.25. The van der Waals surface area contributed by atoms with Crippen LogP contribution < -0.4 is 0 Å². The number of amides is 1. The molecule has 0 saturated carbocycles. The van der Waals surface area contributed by atoms with Gasteiger partial charge in [0, 0.05) is 13.0 Å². The van der Waals surface area contributed by atoms with Crippen LogP contribution in [0.5, 0.6) is 0 Å². The van der Waals surface area contributed by atoms with Crippen molar-refractivity contribution in [3.8, 4) is 0 Å². The number of nitrogens with zero attached hydrogens (tertiary/aromatic N) is 1. The molecule has 1 aliphatic heterocycles. The molecule has 1 fully saturated rings. The monoisotopic (exact) mass is 269 g/mol. The van der Waals surface area contributed by atoms with Gasteiger partial charge in [-0.15, -0.1) is 11.6 Å². The maximum absolute atomic E-state index is 13.3. The summed E-state index contributed by atoms with van der Waals surface area (Å²) in [5.41, 5.74) is 0. The zero-order valence-electron chi connectivity index (χ0n) is 10.1. The van der Waals surface area contributed by atoms with Crippen LogP contribution in [0.25, 0.3) is 0 Å². The van der Waals surface area contributed by atoms with Crippen molar-refractivity contribution in [1.82, 2.24) is 4.90 Å². The molecule has 2 atom stereocenters. The van der Waals surface area contributed by atoms with Crippen LogP contribution >= 0.6 is 11.6 Å². The van der Waals surface area contributed by atoms with E-state index in [4.69, 9.17) is 16.3 Å². The highest BCUT2D eigenvalue weighted by atomic mass is 35.5. The summed E-state index contributed by atoms with van der Waals surface area (Å²) >= 11 is 5.81. The second kappa shape index (κ2) is 5.96. The molecule has 1 aliphatic rings. The Morgan fingerprint density at radius 1 is 1.59 bits per heavy atom. The molecule has 17 heavy (non-hydrogen) atoms. The molecule has 0 bridgehead atoms. The lowest BCUT2D eigenvalue weighted by Crippen LogP contribution is -2.42. The molecule has 0 aliphatic carbocycles. The summed E-state index contributed by atoms with van der Waals surface area (Å²) < 4.78 is 31.7. The summed E-state index contributed by atoms with van der Waals surface area (Å²) in [6.45, 7) is 3.58. The molecule has 0 aromatic carbocycles. The van der Waals surface area contributed by atoms with Gasteiger partial charge in [0.2, 0.25) is 5.91 Å². The number of hydrogen-bond acceptors (Lipinski definition) is 2. The summed E-state index contributed by atoms with van der Waals surface area (Å²) in [5, 5.41) is -0.729. The van der Waals surface area contributed by atoms with E-state index in [2.05, 4.69) is 0 Å². The van der Waals surface area contributed by atoms with Crippen LogP contribution in [-0.4, -0.2) is 47.9 Å². The molecule has 0 spiro atoms. The molecule has 1 rings (SSSR count). The second-order valence-electron chi connectivity index (χ2n) is 4.22. The van der Waals surface area contributed by atoms with Gasteiger partial charge < -0.3 is 9.64 Å². The highest BCUT2D eigenvalue weighted by Gasteiger charge is 2.47. The molecular weight excluding hydrogens is 252 g/mol. The van der Waals surface area contributed by atoms with E-state index in [1.807, 2.05) is 0 Å². The van der Waals surface area contributed by atoms with Gasteiger partial charge >= 0.3 is 0 Å². The van der Waals surface area contributed by atoms with Crippen molar-refractivity contribution in [1.29, 1.82) is 0 Å². The van der Waals surface area contributed by atoms with E-state index in [0.717, 1.165) is 4.90 Å². The van der Waals surface area contributed by atoms with Crippen LogP contribution in [0.3, 0.4) is 0 Å². The quantitative estimate of drug-likeness (QED) is 0.717. The van der Waals surface area contributed by atoms with Crippen LogP contribution in [0.1, 0.15) is 26.7 Å². The Morgan fingerprint density at radius 3 is 2.76 bits per heavy atom. The predicted molar refractivity (Wildman–Crippen MR) is 61.5 cm³/mol. The number of halogens is 3. The van der Waals surface area contributed by atoms with Crippen LogP contribution in [0, 0.1) is 0 Å². The zero-order chi connectivity index (χ0) is 13.1. The lowest BCUT2D eigenvalue weighted by atomic mass is 10.2. The van der Waals surface area contributed by atoms with E-state index in [1.54, 1.807) is 13.8 Å². The van der Waals surface area contributed by atoms with E-state index >= 15 is 0 Å². The smallest absolute Gasteiger partial charge is 0.267 e. The maximum atomic E-state index is 13.3. The fourth-order valence-electron chi connectivity index (χ4n) is 1.91. The molecule has 3 nitrogen and oxygen atoms in total. The Balaban J connectivity index is 2.69. The van der Waals surface area contributed by atoms with Gasteiger partial charge in [0.05, 0.1) is 19.2 Å². The highest BCUT2D eigenvalue weighted by molar-refractivity contribution is 6.30. The molecule has 1 amide bonds. The van der Waals surface area contributed by atoms with Crippen molar-refractivity contribution in [3.63, 3.8) is 0 Å². The van der Waals surface area contributed by atoms with Crippen molar-refractivity contribution in [2.24, 2.45) is 0 Å². The summed E-state index contributed by atoms with van der Waals surface area (Å²) in [4.78, 5) is 13.0. The van der Waals surface area contributed by atoms with Gasteiger partial charge in [-0.25, -0.2) is 8.78 Å². The Hall–Kier alpha value is -0.420. The Kier molecular flexibility index (Phi) is 5.13. The predicted octanol–water partition coefficient (Wildman–Crippen LogP) is 2.28. The third-order valence-corrected chi connectivity index (χ3v) is 3.30. The first kappa shape index (κ1) is 14.6. The minimum Gasteiger partial charge on any atom is -0.380 e. The van der Waals surface area contributed by atoms with Gasteiger partial charge in [-0.3, -0.25) is 4.79 Å². The third-order valence-electron chi connectivity index (χ3n) is 2.80. The van der Waals surface area contributed by atoms with Crippen molar-refractivity contribution in [2.45, 2.75) is 44.0 Å². The molecule has 100 valence electrons. The van der Waals surface area contributed by atoms with Crippen molar-refractivity contribution in [3.05, 3.63) is 0 Å². The van der Waals surface area contributed by atoms with Gasteiger partial charge in [0.1, 0.15) is 5.38 Å². The van der Waals surface area contributed by atoms with Crippen molar-refractivity contribution in [2.75, 3.05) is 19.8 Å². The van der Waals surface area contributed by atoms with Crippen LogP contribution in [0.4, 0.5) is 8.78 Å². The Labute approximate surface area is 105 Å². The van der Waals surface area contributed by atoms with Gasteiger partial charge in [-0.2, -0.15) is 0 Å². The minimum absolute atomic E-state index is 0.144. The average molecular weight is 270 g/mol. The summed E-state index contributed by atoms with van der Waals surface area (Å²) in [6.07, 6.45) is 0.0931. The normalized spacial score (nSPS) is 25.0. The van der Waals surface area contributed by atoms with Crippen molar-refractivity contribution < 1.29 is 18.3 Å². The summed E-state index contributed by atoms with van der Waals surface area (Å²) in [6, 6.07) is -0.565. The highest BCUT2D eigenvalue weighted by Crippen LogP contribution is 2.33. The Morgan fingerprint density at radius 2 is 2.24 bits per heavy atom. The first-order valence-electron chi connectivity index (χ1n) is 5.81.